The van der Waals surface area contributed by atoms with Gasteiger partial charge in [0.05, 0.1) is 33.0 Å². The number of oxazole rings is 1. The molecule has 0 saturated heterocycles. The lowest BCUT2D eigenvalue weighted by Gasteiger charge is -2.35. The number of nitrogens with one attached hydrogen (secondary N) is 2. The first-order chi connectivity index (χ1) is 22.6. The molecule has 3 heterocycles. The predicted octanol–water partition coefficient (Wildman–Crippen LogP) is 4.48. The Morgan fingerprint density at radius 1 is 1.06 bits per heavy atom. The predicted molar refractivity (Wildman–Crippen MR) is 175 cm³/mol. The van der Waals surface area contributed by atoms with Gasteiger partial charge in [-0.3, -0.25) is 20.1 Å². The first-order valence-electron chi connectivity index (χ1n) is 14.7. The van der Waals surface area contributed by atoms with Crippen molar-refractivity contribution in [1.29, 1.82) is 0 Å². The molecule has 5 aromatic rings. The largest absolute Gasteiger partial charge is 0.444 e. The van der Waals surface area contributed by atoms with Crippen molar-refractivity contribution < 1.29 is 32.3 Å². The van der Waals surface area contributed by atoms with Crippen molar-refractivity contribution >= 4 is 50.5 Å². The number of nitrogens with zero attached hydrogens (tertiary/aromatic N) is 4. The van der Waals surface area contributed by atoms with E-state index in [9.17, 15) is 23.1 Å². The minimum atomic E-state index is -4.25. The zero-order valence-electron chi connectivity index (χ0n) is 25.6. The molecule has 0 saturated carbocycles. The van der Waals surface area contributed by atoms with Crippen LogP contribution >= 0.6 is 11.3 Å². The summed E-state index contributed by atoms with van der Waals surface area (Å²) in [5.74, 6) is -0.602. The van der Waals surface area contributed by atoms with Crippen molar-refractivity contribution in [3.63, 3.8) is 0 Å². The Hall–Kier alpha value is -4.70. The van der Waals surface area contributed by atoms with Crippen molar-refractivity contribution in [2.45, 2.75) is 43.9 Å². The third-order valence-electron chi connectivity index (χ3n) is 7.04. The van der Waals surface area contributed by atoms with Gasteiger partial charge in [-0.25, -0.2) is 13.2 Å². The minimum Gasteiger partial charge on any atom is -0.444 e. The quantitative estimate of drug-likeness (QED) is 0.152. The number of pyridine rings is 1. The first kappa shape index (κ1) is 33.7. The van der Waals surface area contributed by atoms with Crippen LogP contribution in [0.4, 0.5) is 10.8 Å². The molecule has 0 aliphatic heterocycles. The number of alkyl carbamates (subject to hydrolysis) is 1. The van der Waals surface area contributed by atoms with E-state index >= 15 is 0 Å². The maximum absolute atomic E-state index is 14.3. The number of aliphatic hydroxyl groups is 1. The molecule has 0 spiro atoms. The lowest BCUT2D eigenvalue weighted by Crippen LogP contribution is -2.52. The number of carbonyl (C=O) groups excluding carboxylic acids is 2. The summed E-state index contributed by atoms with van der Waals surface area (Å²) in [5.41, 5.74) is 3.20. The van der Waals surface area contributed by atoms with E-state index in [-0.39, 0.29) is 48.5 Å². The van der Waals surface area contributed by atoms with Crippen molar-refractivity contribution in [2.24, 2.45) is 5.92 Å². The van der Waals surface area contributed by atoms with Crippen LogP contribution in [0, 0.1) is 5.92 Å². The van der Waals surface area contributed by atoms with E-state index in [1.54, 1.807) is 30.0 Å². The highest BCUT2D eigenvalue weighted by molar-refractivity contribution is 7.89. The van der Waals surface area contributed by atoms with Crippen molar-refractivity contribution in [3.8, 4) is 0 Å². The maximum Gasteiger partial charge on any atom is 0.407 e. The van der Waals surface area contributed by atoms with Gasteiger partial charge in [-0.2, -0.15) is 9.29 Å². The zero-order valence-corrected chi connectivity index (χ0v) is 27.3. The van der Waals surface area contributed by atoms with Crippen molar-refractivity contribution in [1.82, 2.24) is 24.6 Å². The highest BCUT2D eigenvalue weighted by Gasteiger charge is 2.37. The van der Waals surface area contributed by atoms with Crippen LogP contribution in [-0.2, 0) is 27.8 Å². The summed E-state index contributed by atoms with van der Waals surface area (Å²) in [7, 11) is -4.25. The number of aromatic nitrogens is 3. The summed E-state index contributed by atoms with van der Waals surface area (Å²) >= 11 is 1.34. The molecule has 0 aliphatic carbocycles. The second-order valence-corrected chi connectivity index (χ2v) is 13.9. The second kappa shape index (κ2) is 15.3. The SMILES string of the molecule is CC(C)CN(C(Cc1ccccc1)C(O)CNC(=O)OCc1cncs1)S(=O)(=O)c1ccc2nc(NC(=O)c3cccnc3)oc2c1. The Labute approximate surface area is 275 Å². The highest BCUT2D eigenvalue weighted by atomic mass is 32.2. The first-order valence-corrected chi connectivity index (χ1v) is 17.1. The van der Waals surface area contributed by atoms with E-state index < -0.39 is 34.2 Å². The summed E-state index contributed by atoms with van der Waals surface area (Å²) in [6.07, 6.45) is 2.64. The highest BCUT2D eigenvalue weighted by Crippen LogP contribution is 2.28. The summed E-state index contributed by atoms with van der Waals surface area (Å²) in [6.45, 7) is 3.59. The van der Waals surface area contributed by atoms with Gasteiger partial charge in [0.2, 0.25) is 10.0 Å². The van der Waals surface area contributed by atoms with Crippen LogP contribution in [0.25, 0.3) is 11.1 Å². The van der Waals surface area contributed by atoms with E-state index in [2.05, 4.69) is 25.6 Å². The molecule has 2 atom stereocenters. The summed E-state index contributed by atoms with van der Waals surface area (Å²) in [5, 5.41) is 16.6. The van der Waals surface area contributed by atoms with Crippen LogP contribution in [-0.4, -0.2) is 70.0 Å². The molecule has 3 N–H and O–H groups in total. The van der Waals surface area contributed by atoms with E-state index in [0.29, 0.717) is 11.1 Å². The van der Waals surface area contributed by atoms with Gasteiger partial charge < -0.3 is 19.6 Å². The molecule has 0 radical (unpaired) electrons. The fourth-order valence-corrected chi connectivity index (χ4v) is 7.14. The van der Waals surface area contributed by atoms with Gasteiger partial charge in [-0.15, -0.1) is 11.3 Å². The monoisotopic (exact) mass is 678 g/mol. The molecule has 0 fully saturated rings. The van der Waals surface area contributed by atoms with E-state index in [0.717, 1.165) is 10.4 Å². The van der Waals surface area contributed by atoms with Gasteiger partial charge >= 0.3 is 12.1 Å². The minimum absolute atomic E-state index is 0.0207. The topological polar surface area (TPSA) is 177 Å². The summed E-state index contributed by atoms with van der Waals surface area (Å²) < 4.78 is 40.9. The number of sulfonamides is 1. The van der Waals surface area contributed by atoms with Crippen LogP contribution in [0.2, 0.25) is 0 Å². The molecular formula is C32H34N6O7S2. The third kappa shape index (κ3) is 8.77. The number of carbonyl (C=O) groups is 2. The molecule has 3 aromatic heterocycles. The van der Waals surface area contributed by atoms with E-state index in [1.165, 1.54) is 40.0 Å². The Morgan fingerprint density at radius 3 is 2.57 bits per heavy atom. The fraction of sp³-hybridized carbons (Fsp3) is 0.281. The van der Waals surface area contributed by atoms with Gasteiger partial charge in [0.1, 0.15) is 12.1 Å². The van der Waals surface area contributed by atoms with Crippen LogP contribution in [0.5, 0.6) is 0 Å². The number of aliphatic hydroxyl groups excluding tert-OH is 1. The van der Waals surface area contributed by atoms with E-state index in [4.69, 9.17) is 9.15 Å². The van der Waals surface area contributed by atoms with Gasteiger partial charge in [-0.1, -0.05) is 44.2 Å². The van der Waals surface area contributed by atoms with Gasteiger partial charge in [0.15, 0.2) is 5.58 Å². The zero-order chi connectivity index (χ0) is 33.4. The number of anilines is 1. The standard InChI is InChI=1S/C32H34N6O7S2/c1-21(2)18-38(27(13-22-7-4-3-5-8-22)28(39)17-35-32(41)44-19-24-16-34-20-46-24)47(42,43)25-10-11-26-29(14-25)45-31(36-26)37-30(40)23-9-6-12-33-15-23/h3-12,14-16,20-21,27-28,39H,13,17-19H2,1-2H3,(H,35,41)(H,36,37,40). The lowest BCUT2D eigenvalue weighted by atomic mass is 10.0. The third-order valence-corrected chi connectivity index (χ3v) is 9.68. The molecule has 13 nitrogen and oxygen atoms in total. The molecule has 47 heavy (non-hydrogen) atoms. The van der Waals surface area contributed by atoms with E-state index in [1.807, 2.05) is 44.2 Å². The number of rotatable bonds is 14. The number of hydrogen-bond donors (Lipinski definition) is 3. The number of benzene rings is 2. The molecule has 15 heteroatoms. The average molecular weight is 679 g/mol. The number of thiazole rings is 1. The Kier molecular flexibility index (Phi) is 10.9. The number of hydrogen-bond acceptors (Lipinski definition) is 11. The average Bonchev–Trinajstić information content (AvgIpc) is 3.74. The molecule has 0 aliphatic rings. The van der Waals surface area contributed by atoms with Crippen LogP contribution < -0.4 is 10.6 Å². The number of amides is 2. The molecule has 2 amide bonds. The number of fused-ring (bicyclic) bond motifs is 1. The van der Waals surface area contributed by atoms with Crippen LogP contribution in [0.1, 0.15) is 34.6 Å². The fourth-order valence-electron chi connectivity index (χ4n) is 4.80. The molecule has 5 rings (SSSR count). The Morgan fingerprint density at radius 2 is 1.87 bits per heavy atom. The Bertz CT molecular complexity index is 1890. The summed E-state index contributed by atoms with van der Waals surface area (Å²) in [6, 6.07) is 15.6. The molecular weight excluding hydrogens is 645 g/mol. The number of ether oxygens (including phenoxy) is 1. The smallest absolute Gasteiger partial charge is 0.407 e. The summed E-state index contributed by atoms with van der Waals surface area (Å²) in [4.78, 5) is 37.8. The molecule has 246 valence electrons. The van der Waals surface area contributed by atoms with Gasteiger partial charge in [0.25, 0.3) is 5.91 Å². The van der Waals surface area contributed by atoms with Crippen LogP contribution in [0.15, 0.2) is 94.1 Å². The lowest BCUT2D eigenvalue weighted by molar-refractivity contribution is 0.0786. The molecule has 2 aromatic carbocycles. The second-order valence-electron chi connectivity index (χ2n) is 11.1. The Balaban J connectivity index is 1.40. The van der Waals surface area contributed by atoms with Gasteiger partial charge in [-0.05, 0) is 42.2 Å². The van der Waals surface area contributed by atoms with Gasteiger partial charge in [0, 0.05) is 37.7 Å². The molecule has 2 unspecified atom stereocenters. The molecule has 0 bridgehead atoms. The van der Waals surface area contributed by atoms with Crippen molar-refractivity contribution in [3.05, 3.63) is 101 Å². The maximum atomic E-state index is 14.3. The van der Waals surface area contributed by atoms with Crippen LogP contribution in [0.3, 0.4) is 0 Å². The normalized spacial score (nSPS) is 13.0. The van der Waals surface area contributed by atoms with Crippen molar-refractivity contribution in [2.75, 3.05) is 18.4 Å².